The minimum atomic E-state index is -0.643. The van der Waals surface area contributed by atoms with E-state index in [4.69, 9.17) is 5.11 Å². The summed E-state index contributed by atoms with van der Waals surface area (Å²) < 4.78 is 0. The highest BCUT2D eigenvalue weighted by molar-refractivity contribution is 5.66. The fraction of sp³-hybridized carbons (Fsp3) is 0.958. The van der Waals surface area contributed by atoms with Gasteiger partial charge < -0.3 is 10.2 Å². The zero-order valence-electron chi connectivity index (χ0n) is 17.6. The number of carboxylic acid groups (broad SMARTS) is 1. The first kappa shape index (κ1) is 19.7. The summed E-state index contributed by atoms with van der Waals surface area (Å²) in [6, 6.07) is 0. The molecule has 0 radical (unpaired) electrons. The van der Waals surface area contributed by atoms with Crippen molar-refractivity contribution in [3.63, 3.8) is 0 Å². The van der Waals surface area contributed by atoms with Gasteiger partial charge in [-0.05, 0) is 111 Å². The second kappa shape index (κ2) is 7.04. The van der Waals surface area contributed by atoms with Gasteiger partial charge in [0.15, 0.2) is 0 Å². The Morgan fingerprint density at radius 1 is 1.00 bits per heavy atom. The number of hydrogen-bond acceptors (Lipinski definition) is 2. The quantitative estimate of drug-likeness (QED) is 0.680. The summed E-state index contributed by atoms with van der Waals surface area (Å²) in [7, 11) is 0. The summed E-state index contributed by atoms with van der Waals surface area (Å²) in [4.78, 5) is 11.0. The number of fused-ring (bicyclic) bond motifs is 5. The van der Waals surface area contributed by atoms with Crippen LogP contribution in [0.4, 0.5) is 0 Å². The Kier molecular flexibility index (Phi) is 5.15. The first-order valence-electron chi connectivity index (χ1n) is 11.7. The number of aliphatic carboxylic acids is 1. The number of rotatable bonds is 4. The third kappa shape index (κ3) is 3.16. The van der Waals surface area contributed by atoms with Crippen molar-refractivity contribution in [1.82, 2.24) is 0 Å². The SMILES string of the molecule is C[C@H](CCC(=O)O)C1CCC2C3CC[C@@H]4C[C@@H](O)CC[C@@]4(C)C3CCC21C. The standard InChI is InChI=1S/C24H40O3/c1-15(4-9-22(26)27)19-7-8-20-18-6-5-16-14-17(25)10-12-23(16,2)21(18)11-13-24(19,20)3/h15-21,25H,4-14H2,1-3H3,(H,26,27)/t15-,16-,17+,18?,19?,20?,21?,23-,24?/m1/s1. The van der Waals surface area contributed by atoms with Gasteiger partial charge in [-0.3, -0.25) is 4.79 Å². The first-order valence-corrected chi connectivity index (χ1v) is 11.7. The van der Waals surface area contributed by atoms with E-state index in [1.165, 1.54) is 44.9 Å². The van der Waals surface area contributed by atoms with Crippen molar-refractivity contribution >= 4 is 5.97 Å². The third-order valence-corrected chi connectivity index (χ3v) is 10.2. The second-order valence-corrected chi connectivity index (χ2v) is 11.2. The van der Waals surface area contributed by atoms with Gasteiger partial charge >= 0.3 is 5.97 Å². The molecule has 0 aromatic heterocycles. The van der Waals surface area contributed by atoms with Crippen LogP contribution in [0.1, 0.15) is 91.4 Å². The molecule has 4 saturated carbocycles. The molecule has 3 nitrogen and oxygen atoms in total. The van der Waals surface area contributed by atoms with Gasteiger partial charge in [-0.15, -0.1) is 0 Å². The maximum atomic E-state index is 11.0. The van der Waals surface area contributed by atoms with Crippen LogP contribution in [0.2, 0.25) is 0 Å². The van der Waals surface area contributed by atoms with Crippen molar-refractivity contribution < 1.29 is 15.0 Å². The zero-order valence-corrected chi connectivity index (χ0v) is 17.6. The lowest BCUT2D eigenvalue weighted by Crippen LogP contribution is -2.54. The lowest BCUT2D eigenvalue weighted by atomic mass is 9.44. The van der Waals surface area contributed by atoms with Gasteiger partial charge in [-0.25, -0.2) is 0 Å². The molecule has 9 atom stereocenters. The Hall–Kier alpha value is -0.570. The topological polar surface area (TPSA) is 57.5 Å². The van der Waals surface area contributed by atoms with Crippen molar-refractivity contribution in [3.05, 3.63) is 0 Å². The van der Waals surface area contributed by atoms with Crippen LogP contribution in [-0.2, 0) is 4.79 Å². The lowest BCUT2D eigenvalue weighted by Gasteiger charge is -2.61. The average Bonchev–Trinajstić information content (AvgIpc) is 2.97. The van der Waals surface area contributed by atoms with E-state index in [0.717, 1.165) is 42.9 Å². The molecule has 3 heteroatoms. The normalized spacial score (nSPS) is 50.4. The Morgan fingerprint density at radius 3 is 2.44 bits per heavy atom. The molecule has 4 aliphatic carbocycles. The van der Waals surface area contributed by atoms with Gasteiger partial charge in [0.2, 0.25) is 0 Å². The minimum absolute atomic E-state index is 0.0561. The molecule has 0 bridgehead atoms. The van der Waals surface area contributed by atoms with Crippen molar-refractivity contribution in [2.75, 3.05) is 0 Å². The number of aliphatic hydroxyl groups excluding tert-OH is 1. The Bertz CT molecular complexity index is 574. The minimum Gasteiger partial charge on any atom is -0.481 e. The molecule has 0 aromatic rings. The Labute approximate surface area is 165 Å². The van der Waals surface area contributed by atoms with E-state index in [1.807, 2.05) is 0 Å². The summed E-state index contributed by atoms with van der Waals surface area (Å²) in [5, 5.41) is 19.3. The van der Waals surface area contributed by atoms with Crippen LogP contribution in [0.3, 0.4) is 0 Å². The van der Waals surface area contributed by atoms with Gasteiger partial charge in [-0.2, -0.15) is 0 Å². The molecule has 0 heterocycles. The Balaban J connectivity index is 1.51. The van der Waals surface area contributed by atoms with Gasteiger partial charge in [0.1, 0.15) is 0 Å². The van der Waals surface area contributed by atoms with E-state index in [9.17, 15) is 9.90 Å². The summed E-state index contributed by atoms with van der Waals surface area (Å²) in [6.07, 6.45) is 12.4. The largest absolute Gasteiger partial charge is 0.481 e. The highest BCUT2D eigenvalue weighted by atomic mass is 16.4. The molecule has 5 unspecified atom stereocenters. The van der Waals surface area contributed by atoms with E-state index in [1.54, 1.807) is 0 Å². The van der Waals surface area contributed by atoms with Crippen LogP contribution in [0.15, 0.2) is 0 Å². The predicted octanol–water partition coefficient (Wildman–Crippen LogP) is 5.51. The second-order valence-electron chi connectivity index (χ2n) is 11.2. The maximum Gasteiger partial charge on any atom is 0.303 e. The van der Waals surface area contributed by atoms with Crippen molar-refractivity contribution in [1.29, 1.82) is 0 Å². The van der Waals surface area contributed by atoms with E-state index in [-0.39, 0.29) is 6.10 Å². The molecule has 2 N–H and O–H groups in total. The molecule has 0 aromatic carbocycles. The van der Waals surface area contributed by atoms with Crippen LogP contribution < -0.4 is 0 Å². The number of hydrogen-bond donors (Lipinski definition) is 2. The molecule has 0 spiro atoms. The van der Waals surface area contributed by atoms with E-state index in [2.05, 4.69) is 20.8 Å². The average molecular weight is 377 g/mol. The molecular weight excluding hydrogens is 336 g/mol. The molecular formula is C24H40O3. The van der Waals surface area contributed by atoms with Gasteiger partial charge in [0, 0.05) is 6.42 Å². The molecule has 154 valence electrons. The van der Waals surface area contributed by atoms with Crippen LogP contribution in [0.5, 0.6) is 0 Å². The van der Waals surface area contributed by atoms with Crippen LogP contribution in [0.25, 0.3) is 0 Å². The smallest absolute Gasteiger partial charge is 0.303 e. The molecule has 0 saturated heterocycles. The van der Waals surface area contributed by atoms with E-state index >= 15 is 0 Å². The maximum absolute atomic E-state index is 11.0. The summed E-state index contributed by atoms with van der Waals surface area (Å²) >= 11 is 0. The van der Waals surface area contributed by atoms with E-state index < -0.39 is 5.97 Å². The van der Waals surface area contributed by atoms with Gasteiger partial charge in [0.25, 0.3) is 0 Å². The van der Waals surface area contributed by atoms with Crippen LogP contribution >= 0.6 is 0 Å². The molecule has 0 amide bonds. The van der Waals surface area contributed by atoms with Crippen LogP contribution in [0, 0.1) is 46.3 Å². The van der Waals surface area contributed by atoms with Crippen molar-refractivity contribution in [3.8, 4) is 0 Å². The van der Waals surface area contributed by atoms with Gasteiger partial charge in [-0.1, -0.05) is 20.8 Å². The van der Waals surface area contributed by atoms with Gasteiger partial charge in [0.05, 0.1) is 6.10 Å². The van der Waals surface area contributed by atoms with Crippen molar-refractivity contribution in [2.45, 2.75) is 97.5 Å². The molecule has 27 heavy (non-hydrogen) atoms. The third-order valence-electron chi connectivity index (χ3n) is 10.2. The first-order chi connectivity index (χ1) is 12.8. The predicted molar refractivity (Wildman–Crippen MR) is 107 cm³/mol. The van der Waals surface area contributed by atoms with E-state index in [0.29, 0.717) is 29.1 Å². The molecule has 0 aliphatic heterocycles. The number of carboxylic acids is 1. The molecule has 4 aliphatic rings. The summed E-state index contributed by atoms with van der Waals surface area (Å²) in [5.74, 6) is 3.91. The number of carbonyl (C=O) groups is 1. The molecule has 4 fully saturated rings. The lowest BCUT2D eigenvalue weighted by molar-refractivity contribution is -0.138. The van der Waals surface area contributed by atoms with Crippen LogP contribution in [-0.4, -0.2) is 22.3 Å². The summed E-state index contributed by atoms with van der Waals surface area (Å²) in [5.41, 5.74) is 0.882. The fourth-order valence-electron chi connectivity index (χ4n) is 8.76. The highest BCUT2D eigenvalue weighted by Crippen LogP contribution is 2.68. The summed E-state index contributed by atoms with van der Waals surface area (Å²) in [6.45, 7) is 7.43. The fourth-order valence-corrected chi connectivity index (χ4v) is 8.76. The number of aliphatic hydroxyl groups is 1. The zero-order chi connectivity index (χ0) is 19.4. The molecule has 4 rings (SSSR count). The monoisotopic (exact) mass is 376 g/mol. The Morgan fingerprint density at radius 2 is 1.70 bits per heavy atom. The van der Waals surface area contributed by atoms with Crippen molar-refractivity contribution in [2.24, 2.45) is 46.3 Å². The highest BCUT2D eigenvalue weighted by Gasteiger charge is 2.60.